The lowest BCUT2D eigenvalue weighted by Crippen LogP contribution is -2.41. The third-order valence-electron chi connectivity index (χ3n) is 6.66. The van der Waals surface area contributed by atoms with Crippen LogP contribution in [0.5, 0.6) is 0 Å². The summed E-state index contributed by atoms with van der Waals surface area (Å²) in [5.74, 6) is 4.51. The normalized spacial score (nSPS) is 51.0. The van der Waals surface area contributed by atoms with Crippen LogP contribution < -0.4 is 0 Å². The van der Waals surface area contributed by atoms with Crippen molar-refractivity contribution in [3.63, 3.8) is 0 Å². The molecule has 2 aliphatic rings. The first-order chi connectivity index (χ1) is 9.66. The molecule has 2 fully saturated rings. The molecule has 0 aromatic rings. The van der Waals surface area contributed by atoms with Gasteiger partial charge in [-0.25, -0.2) is 0 Å². The molecule has 0 aromatic heterocycles. The summed E-state index contributed by atoms with van der Waals surface area (Å²) in [6.45, 7) is 21.3. The van der Waals surface area contributed by atoms with E-state index >= 15 is 0 Å². The Balaban J connectivity index is 0.000000211. The molecule has 1 unspecified atom stereocenters. The summed E-state index contributed by atoms with van der Waals surface area (Å²) in [4.78, 5) is 0. The van der Waals surface area contributed by atoms with Gasteiger partial charge in [0.25, 0.3) is 0 Å². The zero-order chi connectivity index (χ0) is 16.3. The Kier molecular flexibility index (Phi) is 7.19. The quantitative estimate of drug-likeness (QED) is 0.625. The molecule has 21 heavy (non-hydrogen) atoms. The van der Waals surface area contributed by atoms with Crippen molar-refractivity contribution >= 4 is 0 Å². The van der Waals surface area contributed by atoms with Gasteiger partial charge in [0.1, 0.15) is 0 Å². The molecule has 0 N–H and O–H groups in total. The fraction of sp³-hybridized carbons (Fsp3) is 1.00. The first-order valence-electron chi connectivity index (χ1n) is 8.93. The molecule has 0 saturated carbocycles. The van der Waals surface area contributed by atoms with Gasteiger partial charge in [-0.1, -0.05) is 41.5 Å². The second-order valence-corrected chi connectivity index (χ2v) is 7.86. The molecule has 126 valence electrons. The van der Waals surface area contributed by atoms with Crippen LogP contribution in [-0.2, 0) is 9.47 Å². The van der Waals surface area contributed by atoms with E-state index in [4.69, 9.17) is 9.47 Å². The van der Waals surface area contributed by atoms with E-state index in [1.165, 1.54) is 0 Å². The lowest BCUT2D eigenvalue weighted by Gasteiger charge is -2.41. The fourth-order valence-corrected chi connectivity index (χ4v) is 3.47. The molecule has 2 heteroatoms. The Morgan fingerprint density at radius 2 is 0.952 bits per heavy atom. The minimum atomic E-state index is 0.441. The highest BCUT2D eigenvalue weighted by atomic mass is 16.5. The van der Waals surface area contributed by atoms with Gasteiger partial charge in [0.05, 0.1) is 18.3 Å². The molecule has 2 heterocycles. The van der Waals surface area contributed by atoms with Gasteiger partial charge in [-0.05, 0) is 56.3 Å². The van der Waals surface area contributed by atoms with Crippen LogP contribution in [0.15, 0.2) is 0 Å². The molecule has 0 radical (unpaired) electrons. The summed E-state index contributed by atoms with van der Waals surface area (Å²) < 4.78 is 11.4. The minimum Gasteiger partial charge on any atom is -0.378 e. The molecule has 2 aliphatic heterocycles. The molecule has 0 aromatic carbocycles. The molecular weight excluding hydrogens is 260 g/mol. The third kappa shape index (κ3) is 4.69. The van der Waals surface area contributed by atoms with Crippen LogP contribution in [-0.4, -0.2) is 24.9 Å². The maximum Gasteiger partial charge on any atom is 0.0578 e. The van der Waals surface area contributed by atoms with Crippen LogP contribution in [0.3, 0.4) is 0 Å². The van der Waals surface area contributed by atoms with Gasteiger partial charge in [0.2, 0.25) is 0 Å². The predicted molar refractivity (Wildman–Crippen MR) is 90.4 cm³/mol. The van der Waals surface area contributed by atoms with E-state index in [9.17, 15) is 0 Å². The Morgan fingerprint density at radius 1 is 0.524 bits per heavy atom. The van der Waals surface area contributed by atoms with Crippen LogP contribution in [0.1, 0.15) is 62.3 Å². The first kappa shape index (κ1) is 19.0. The summed E-state index contributed by atoms with van der Waals surface area (Å²) in [6, 6.07) is 0. The van der Waals surface area contributed by atoms with E-state index in [0.717, 1.165) is 30.3 Å². The van der Waals surface area contributed by atoms with Crippen molar-refractivity contribution in [3.8, 4) is 0 Å². The molecule has 0 spiro atoms. The van der Waals surface area contributed by atoms with Crippen LogP contribution in [0.25, 0.3) is 0 Å². The molecule has 2 rings (SSSR count). The van der Waals surface area contributed by atoms with Gasteiger partial charge >= 0.3 is 0 Å². The summed E-state index contributed by atoms with van der Waals surface area (Å²) >= 11 is 0. The third-order valence-corrected chi connectivity index (χ3v) is 6.66. The number of ether oxygens (including phenoxy) is 2. The highest BCUT2D eigenvalue weighted by Gasteiger charge is 2.34. The van der Waals surface area contributed by atoms with E-state index in [0.29, 0.717) is 30.1 Å². The van der Waals surface area contributed by atoms with E-state index in [-0.39, 0.29) is 0 Å². The van der Waals surface area contributed by atoms with Crippen molar-refractivity contribution in [2.45, 2.75) is 80.6 Å². The smallest absolute Gasteiger partial charge is 0.0578 e. The Hall–Kier alpha value is -0.0800. The average Bonchev–Trinajstić information content (AvgIpc) is 2.45. The first-order valence-corrected chi connectivity index (χ1v) is 8.93. The van der Waals surface area contributed by atoms with Crippen LogP contribution >= 0.6 is 0 Å². The van der Waals surface area contributed by atoms with Crippen molar-refractivity contribution in [1.29, 1.82) is 0 Å². The van der Waals surface area contributed by atoms with Gasteiger partial charge in [-0.2, -0.15) is 0 Å². The zero-order valence-corrected chi connectivity index (χ0v) is 15.7. The molecule has 0 bridgehead atoms. The highest BCUT2D eigenvalue weighted by Crippen LogP contribution is 2.34. The van der Waals surface area contributed by atoms with E-state index < -0.39 is 0 Å². The predicted octanol–water partition coefficient (Wildman–Crippen LogP) is 5.02. The van der Waals surface area contributed by atoms with Crippen molar-refractivity contribution in [1.82, 2.24) is 0 Å². The van der Waals surface area contributed by atoms with Crippen molar-refractivity contribution < 1.29 is 9.47 Å². The maximum atomic E-state index is 5.78. The standard InChI is InChI=1S/C10H20O.C9H18O/c1-6-7(2)9(4)11-10(5)8(6)3;1-6-5-10-9(4)8(3)7(6)2/h6-10H,1-5H3;6-9H,5H2,1-4H3/t6?,7-,8+,9-,10-;6-,7-,8+,9+/m11/s1. The SMILES string of the molecule is CC1[C@@H](C)[C@@H](C)O[C@H](C)[C@H]1C.C[C@H]1[C@H](C)[C@H](C)OC[C@H]1C. The number of hydrogen-bond donors (Lipinski definition) is 0. The maximum absolute atomic E-state index is 5.78. The average molecular weight is 299 g/mol. The van der Waals surface area contributed by atoms with E-state index in [1.807, 2.05) is 0 Å². The summed E-state index contributed by atoms with van der Waals surface area (Å²) in [5.41, 5.74) is 0. The molecule has 0 aliphatic carbocycles. The van der Waals surface area contributed by atoms with Crippen LogP contribution in [0, 0.1) is 35.5 Å². The Labute approximate surface area is 133 Å². The molecular formula is C19H38O2. The van der Waals surface area contributed by atoms with E-state index in [2.05, 4.69) is 62.3 Å². The number of rotatable bonds is 0. The van der Waals surface area contributed by atoms with Crippen molar-refractivity contribution in [3.05, 3.63) is 0 Å². The fourth-order valence-electron chi connectivity index (χ4n) is 3.47. The summed E-state index contributed by atoms with van der Waals surface area (Å²) in [5, 5.41) is 0. The lowest BCUT2D eigenvalue weighted by molar-refractivity contribution is -0.116. The topological polar surface area (TPSA) is 18.5 Å². The Bertz CT molecular complexity index is 276. The molecule has 9 atom stereocenters. The van der Waals surface area contributed by atoms with E-state index in [1.54, 1.807) is 0 Å². The largest absolute Gasteiger partial charge is 0.378 e. The van der Waals surface area contributed by atoms with Gasteiger partial charge in [-0.3, -0.25) is 0 Å². The van der Waals surface area contributed by atoms with Gasteiger partial charge < -0.3 is 9.47 Å². The second kappa shape index (κ2) is 7.97. The number of hydrogen-bond acceptors (Lipinski definition) is 2. The van der Waals surface area contributed by atoms with Crippen LogP contribution in [0.4, 0.5) is 0 Å². The van der Waals surface area contributed by atoms with Crippen molar-refractivity contribution in [2.24, 2.45) is 35.5 Å². The zero-order valence-electron chi connectivity index (χ0n) is 15.7. The summed E-state index contributed by atoms with van der Waals surface area (Å²) in [6.07, 6.45) is 1.35. The molecule has 2 nitrogen and oxygen atoms in total. The van der Waals surface area contributed by atoms with Gasteiger partial charge in [0.15, 0.2) is 0 Å². The minimum absolute atomic E-state index is 0.441. The molecule has 0 amide bonds. The second-order valence-electron chi connectivity index (χ2n) is 7.86. The molecule has 2 saturated heterocycles. The van der Waals surface area contributed by atoms with Gasteiger partial charge in [-0.15, -0.1) is 0 Å². The monoisotopic (exact) mass is 298 g/mol. The van der Waals surface area contributed by atoms with Crippen molar-refractivity contribution in [2.75, 3.05) is 6.61 Å². The highest BCUT2D eigenvalue weighted by molar-refractivity contribution is 4.81. The van der Waals surface area contributed by atoms with Crippen LogP contribution in [0.2, 0.25) is 0 Å². The lowest BCUT2D eigenvalue weighted by atomic mass is 9.77. The summed E-state index contributed by atoms with van der Waals surface area (Å²) in [7, 11) is 0. The van der Waals surface area contributed by atoms with Gasteiger partial charge in [0, 0.05) is 6.61 Å². The Morgan fingerprint density at radius 3 is 1.38 bits per heavy atom.